The highest BCUT2D eigenvalue weighted by molar-refractivity contribution is 5.79. The number of aliphatic imine (C=N–C) groups is 1. The van der Waals surface area contributed by atoms with Gasteiger partial charge in [-0.05, 0) is 31.0 Å². The number of aromatic nitrogens is 1. The number of anilines is 1. The van der Waals surface area contributed by atoms with Gasteiger partial charge in [0.1, 0.15) is 5.82 Å². The van der Waals surface area contributed by atoms with Crippen LogP contribution >= 0.6 is 0 Å². The molecule has 0 unspecified atom stereocenters. The Bertz CT molecular complexity index is 709. The van der Waals surface area contributed by atoms with E-state index in [4.69, 9.17) is 4.99 Å². The Hall–Kier alpha value is -2.56. The van der Waals surface area contributed by atoms with E-state index in [0.29, 0.717) is 6.54 Å². The van der Waals surface area contributed by atoms with Crippen molar-refractivity contribution in [3.63, 3.8) is 0 Å². The first-order valence-corrected chi connectivity index (χ1v) is 8.68. The van der Waals surface area contributed by atoms with Gasteiger partial charge in [-0.3, -0.25) is 0 Å². The maximum absolute atomic E-state index is 4.82. The summed E-state index contributed by atoms with van der Waals surface area (Å²) < 4.78 is 0. The second kappa shape index (κ2) is 9.06. The van der Waals surface area contributed by atoms with E-state index in [1.165, 1.54) is 11.1 Å². The molecule has 5 heteroatoms. The molecule has 0 radical (unpaired) electrons. The minimum absolute atomic E-state index is 0.599. The third kappa shape index (κ3) is 5.21. The normalized spacial score (nSPS) is 11.3. The van der Waals surface area contributed by atoms with E-state index in [1.807, 2.05) is 31.3 Å². The van der Waals surface area contributed by atoms with E-state index < -0.39 is 0 Å². The van der Waals surface area contributed by atoms with Crippen molar-refractivity contribution in [3.05, 3.63) is 59.3 Å². The third-order valence-electron chi connectivity index (χ3n) is 4.06. The Labute approximate surface area is 151 Å². The number of nitrogens with one attached hydrogen (secondary N) is 1. The van der Waals surface area contributed by atoms with Gasteiger partial charge in [0.05, 0.1) is 6.54 Å². The highest BCUT2D eigenvalue weighted by atomic mass is 15.3. The molecule has 0 aliphatic heterocycles. The maximum atomic E-state index is 4.82. The quantitative estimate of drug-likeness (QED) is 0.649. The Kier molecular flexibility index (Phi) is 6.81. The molecule has 0 aliphatic rings. The molecule has 0 aliphatic carbocycles. The fraction of sp³-hybridized carbons (Fsp3) is 0.400. The molecule has 0 saturated heterocycles. The van der Waals surface area contributed by atoms with Crippen LogP contribution < -0.4 is 10.2 Å². The van der Waals surface area contributed by atoms with E-state index in [0.717, 1.165) is 30.4 Å². The van der Waals surface area contributed by atoms with Crippen molar-refractivity contribution in [2.75, 3.05) is 32.6 Å². The van der Waals surface area contributed by atoms with Crippen molar-refractivity contribution in [2.45, 2.75) is 26.9 Å². The van der Waals surface area contributed by atoms with E-state index in [2.05, 4.69) is 66.4 Å². The predicted octanol–water partition coefficient (Wildman–Crippen LogP) is 3.05. The van der Waals surface area contributed by atoms with Crippen molar-refractivity contribution < 1.29 is 0 Å². The van der Waals surface area contributed by atoms with Gasteiger partial charge in [0.15, 0.2) is 5.96 Å². The van der Waals surface area contributed by atoms with Crippen LogP contribution in [0.3, 0.4) is 0 Å². The summed E-state index contributed by atoms with van der Waals surface area (Å²) in [6.45, 7) is 6.50. The summed E-state index contributed by atoms with van der Waals surface area (Å²) in [6.07, 6.45) is 1.82. The van der Waals surface area contributed by atoms with Crippen molar-refractivity contribution in [1.82, 2.24) is 15.2 Å². The molecule has 134 valence electrons. The van der Waals surface area contributed by atoms with Crippen LogP contribution in [0.15, 0.2) is 47.6 Å². The SMILES string of the molecule is CCNC(=NCc1cccnc1N(C)C)N(C)Cc1ccccc1C. The molecule has 1 aromatic carbocycles. The Morgan fingerprint density at radius 2 is 1.80 bits per heavy atom. The fourth-order valence-corrected chi connectivity index (χ4v) is 2.70. The van der Waals surface area contributed by atoms with Crippen LogP contribution in [0.4, 0.5) is 5.82 Å². The van der Waals surface area contributed by atoms with Crippen molar-refractivity contribution >= 4 is 11.8 Å². The van der Waals surface area contributed by atoms with Gasteiger partial charge >= 0.3 is 0 Å². The summed E-state index contributed by atoms with van der Waals surface area (Å²) in [5, 5.41) is 3.38. The maximum Gasteiger partial charge on any atom is 0.194 e. The van der Waals surface area contributed by atoms with Crippen LogP contribution in [0.25, 0.3) is 0 Å². The zero-order valence-corrected chi connectivity index (χ0v) is 16.0. The van der Waals surface area contributed by atoms with Gasteiger partial charge in [-0.1, -0.05) is 30.3 Å². The minimum atomic E-state index is 0.599. The lowest BCUT2D eigenvalue weighted by atomic mass is 10.1. The van der Waals surface area contributed by atoms with Gasteiger partial charge in [0.2, 0.25) is 0 Å². The van der Waals surface area contributed by atoms with Crippen LogP contribution in [0.1, 0.15) is 23.6 Å². The van der Waals surface area contributed by atoms with Crippen LogP contribution in [0, 0.1) is 6.92 Å². The second-order valence-electron chi connectivity index (χ2n) is 6.33. The van der Waals surface area contributed by atoms with Gasteiger partial charge in [-0.2, -0.15) is 0 Å². The molecular formula is C20H29N5. The monoisotopic (exact) mass is 339 g/mol. The summed E-state index contributed by atoms with van der Waals surface area (Å²) in [6, 6.07) is 12.5. The zero-order valence-electron chi connectivity index (χ0n) is 16.0. The van der Waals surface area contributed by atoms with Crippen molar-refractivity contribution in [3.8, 4) is 0 Å². The Morgan fingerprint density at radius 1 is 1.08 bits per heavy atom. The second-order valence-corrected chi connectivity index (χ2v) is 6.33. The lowest BCUT2D eigenvalue weighted by Crippen LogP contribution is -2.38. The largest absolute Gasteiger partial charge is 0.362 e. The number of rotatable bonds is 6. The summed E-state index contributed by atoms with van der Waals surface area (Å²) in [5.74, 6) is 1.86. The first-order chi connectivity index (χ1) is 12.0. The molecule has 0 fully saturated rings. The fourth-order valence-electron chi connectivity index (χ4n) is 2.70. The lowest BCUT2D eigenvalue weighted by molar-refractivity contribution is 0.475. The van der Waals surface area contributed by atoms with Crippen LogP contribution in [-0.4, -0.2) is 43.5 Å². The zero-order chi connectivity index (χ0) is 18.2. The molecule has 0 bridgehead atoms. The first-order valence-electron chi connectivity index (χ1n) is 8.68. The summed E-state index contributed by atoms with van der Waals surface area (Å²) in [4.78, 5) is 13.5. The average molecular weight is 339 g/mol. The molecule has 2 rings (SSSR count). The first kappa shape index (κ1) is 18.8. The van der Waals surface area contributed by atoms with E-state index in [9.17, 15) is 0 Å². The lowest BCUT2D eigenvalue weighted by Gasteiger charge is -2.23. The number of hydrogen-bond donors (Lipinski definition) is 1. The Morgan fingerprint density at radius 3 is 2.48 bits per heavy atom. The number of aryl methyl sites for hydroxylation is 1. The van der Waals surface area contributed by atoms with Gasteiger partial charge in [0, 0.05) is 46.0 Å². The van der Waals surface area contributed by atoms with Crippen molar-refractivity contribution in [2.24, 2.45) is 4.99 Å². The number of benzene rings is 1. The van der Waals surface area contributed by atoms with Crippen LogP contribution in [0.5, 0.6) is 0 Å². The average Bonchev–Trinajstić information content (AvgIpc) is 2.60. The molecular weight excluding hydrogens is 310 g/mol. The van der Waals surface area contributed by atoms with Crippen LogP contribution in [-0.2, 0) is 13.1 Å². The molecule has 0 atom stereocenters. The molecule has 1 aromatic heterocycles. The van der Waals surface area contributed by atoms with E-state index >= 15 is 0 Å². The highest BCUT2D eigenvalue weighted by Crippen LogP contribution is 2.16. The van der Waals surface area contributed by atoms with Crippen molar-refractivity contribution in [1.29, 1.82) is 0 Å². The highest BCUT2D eigenvalue weighted by Gasteiger charge is 2.09. The number of nitrogens with zero attached hydrogens (tertiary/aromatic N) is 4. The van der Waals surface area contributed by atoms with E-state index in [-0.39, 0.29) is 0 Å². The molecule has 1 heterocycles. The van der Waals surface area contributed by atoms with Gasteiger partial charge in [-0.15, -0.1) is 0 Å². The number of hydrogen-bond acceptors (Lipinski definition) is 3. The Balaban J connectivity index is 2.17. The molecule has 1 N–H and O–H groups in total. The molecule has 2 aromatic rings. The van der Waals surface area contributed by atoms with Gasteiger partial charge < -0.3 is 15.1 Å². The topological polar surface area (TPSA) is 43.8 Å². The van der Waals surface area contributed by atoms with Gasteiger partial charge in [0.25, 0.3) is 0 Å². The summed E-state index contributed by atoms with van der Waals surface area (Å²) in [5.41, 5.74) is 3.73. The summed E-state index contributed by atoms with van der Waals surface area (Å²) in [7, 11) is 6.08. The van der Waals surface area contributed by atoms with Crippen LogP contribution in [0.2, 0.25) is 0 Å². The smallest absolute Gasteiger partial charge is 0.194 e. The number of guanidine groups is 1. The van der Waals surface area contributed by atoms with E-state index in [1.54, 1.807) is 0 Å². The third-order valence-corrected chi connectivity index (χ3v) is 4.06. The molecule has 0 saturated carbocycles. The van der Waals surface area contributed by atoms with Gasteiger partial charge in [-0.25, -0.2) is 9.98 Å². The molecule has 5 nitrogen and oxygen atoms in total. The predicted molar refractivity (Wildman–Crippen MR) is 106 cm³/mol. The minimum Gasteiger partial charge on any atom is -0.362 e. The number of pyridine rings is 1. The molecule has 0 spiro atoms. The molecule has 0 amide bonds. The molecule has 25 heavy (non-hydrogen) atoms. The standard InChI is InChI=1S/C20H29N5/c1-6-21-20(25(5)15-18-11-8-7-10-16(18)2)23-14-17-12-9-13-22-19(17)24(3)4/h7-13H,6,14-15H2,1-5H3,(H,21,23). The summed E-state index contributed by atoms with van der Waals surface area (Å²) >= 11 is 0.